The molecule has 0 aromatic rings. The Kier molecular flexibility index (Phi) is 5.07. The third-order valence-corrected chi connectivity index (χ3v) is 4.35. The maximum absolute atomic E-state index is 5.84. The van der Waals surface area contributed by atoms with Gasteiger partial charge >= 0.3 is 0 Å². The molecule has 1 aliphatic carbocycles. The van der Waals surface area contributed by atoms with E-state index in [9.17, 15) is 0 Å². The lowest BCUT2D eigenvalue weighted by molar-refractivity contribution is -0.0603. The van der Waals surface area contributed by atoms with E-state index in [4.69, 9.17) is 4.74 Å². The molecule has 1 fully saturated rings. The summed E-state index contributed by atoms with van der Waals surface area (Å²) >= 11 is 0. The summed E-state index contributed by atoms with van der Waals surface area (Å²) in [5, 5.41) is 3.51. The predicted molar refractivity (Wildman–Crippen MR) is 65.1 cm³/mol. The van der Waals surface area contributed by atoms with Gasteiger partial charge in [-0.25, -0.2) is 0 Å². The van der Waals surface area contributed by atoms with Gasteiger partial charge in [-0.05, 0) is 38.6 Å². The van der Waals surface area contributed by atoms with Crippen LogP contribution < -0.4 is 5.32 Å². The Labute approximate surface area is 94.8 Å². The fourth-order valence-corrected chi connectivity index (χ4v) is 3.32. The molecular formula is C13H27NO. The smallest absolute Gasteiger partial charge is 0.0828 e. The zero-order chi connectivity index (χ0) is 11.3. The number of hydrogen-bond acceptors (Lipinski definition) is 2. The van der Waals surface area contributed by atoms with Crippen molar-refractivity contribution >= 4 is 0 Å². The lowest BCUT2D eigenvalue weighted by atomic mass is 9.79. The molecule has 1 aliphatic rings. The van der Waals surface area contributed by atoms with Crippen molar-refractivity contribution in [2.45, 2.75) is 64.0 Å². The summed E-state index contributed by atoms with van der Waals surface area (Å²) < 4.78 is 5.84. The minimum absolute atomic E-state index is 0.0454. The topological polar surface area (TPSA) is 21.3 Å². The van der Waals surface area contributed by atoms with Gasteiger partial charge in [0.15, 0.2) is 0 Å². The molecular weight excluding hydrogens is 186 g/mol. The number of methoxy groups -OCH3 is 1. The van der Waals surface area contributed by atoms with Gasteiger partial charge in [-0.1, -0.05) is 26.7 Å². The number of nitrogens with one attached hydrogen (secondary N) is 1. The second kappa shape index (κ2) is 5.86. The lowest BCUT2D eigenvalue weighted by Crippen LogP contribution is -2.53. The van der Waals surface area contributed by atoms with Crippen molar-refractivity contribution in [3.63, 3.8) is 0 Å². The highest BCUT2D eigenvalue weighted by Crippen LogP contribution is 2.36. The number of rotatable bonds is 6. The van der Waals surface area contributed by atoms with Crippen molar-refractivity contribution in [1.82, 2.24) is 5.32 Å². The van der Waals surface area contributed by atoms with Crippen LogP contribution in [0.15, 0.2) is 0 Å². The summed E-state index contributed by atoms with van der Waals surface area (Å²) in [6.07, 6.45) is 7.74. The number of likely N-dealkylation sites (N-methyl/N-ethyl adjacent to an activating group) is 1. The molecule has 1 atom stereocenters. The second-order valence-electron chi connectivity index (χ2n) is 4.79. The average Bonchev–Trinajstić information content (AvgIpc) is 2.79. The van der Waals surface area contributed by atoms with Crippen LogP contribution in [0.3, 0.4) is 0 Å². The second-order valence-corrected chi connectivity index (χ2v) is 4.79. The Morgan fingerprint density at radius 2 is 1.80 bits per heavy atom. The molecule has 0 bridgehead atoms. The highest BCUT2D eigenvalue weighted by Gasteiger charge is 2.40. The quantitative estimate of drug-likeness (QED) is 0.732. The van der Waals surface area contributed by atoms with Gasteiger partial charge in [0.05, 0.1) is 5.60 Å². The predicted octanol–water partition coefficient (Wildman–Crippen LogP) is 2.97. The van der Waals surface area contributed by atoms with Crippen LogP contribution in [0.5, 0.6) is 0 Å². The molecule has 1 N–H and O–H groups in total. The normalized spacial score (nSPS) is 20.8. The summed E-state index contributed by atoms with van der Waals surface area (Å²) in [7, 11) is 3.95. The lowest BCUT2D eigenvalue weighted by Gasteiger charge is -2.41. The molecule has 0 spiro atoms. The molecule has 0 aromatic heterocycles. The molecule has 90 valence electrons. The monoisotopic (exact) mass is 213 g/mol. The van der Waals surface area contributed by atoms with Crippen molar-refractivity contribution in [2.75, 3.05) is 14.2 Å². The van der Waals surface area contributed by atoms with Crippen molar-refractivity contribution in [1.29, 1.82) is 0 Å². The van der Waals surface area contributed by atoms with Gasteiger partial charge in [0, 0.05) is 13.2 Å². The van der Waals surface area contributed by atoms with Gasteiger partial charge < -0.3 is 10.1 Å². The Morgan fingerprint density at radius 1 is 1.27 bits per heavy atom. The fourth-order valence-electron chi connectivity index (χ4n) is 3.32. The highest BCUT2D eigenvalue weighted by atomic mass is 16.5. The Morgan fingerprint density at radius 3 is 2.13 bits per heavy atom. The van der Waals surface area contributed by atoms with Gasteiger partial charge in [-0.2, -0.15) is 0 Å². The van der Waals surface area contributed by atoms with E-state index in [2.05, 4.69) is 26.2 Å². The maximum Gasteiger partial charge on any atom is 0.0828 e. The maximum atomic E-state index is 5.84. The summed E-state index contributed by atoms with van der Waals surface area (Å²) in [6, 6.07) is 0.528. The van der Waals surface area contributed by atoms with Crippen molar-refractivity contribution in [3.8, 4) is 0 Å². The van der Waals surface area contributed by atoms with Gasteiger partial charge in [0.1, 0.15) is 0 Å². The van der Waals surface area contributed by atoms with E-state index in [-0.39, 0.29) is 5.60 Å². The molecule has 15 heavy (non-hydrogen) atoms. The van der Waals surface area contributed by atoms with Crippen LogP contribution in [0.2, 0.25) is 0 Å². The molecule has 0 saturated heterocycles. The van der Waals surface area contributed by atoms with Crippen LogP contribution >= 0.6 is 0 Å². The van der Waals surface area contributed by atoms with Gasteiger partial charge in [-0.15, -0.1) is 0 Å². The highest BCUT2D eigenvalue weighted by molar-refractivity contribution is 4.96. The molecule has 0 aromatic carbocycles. The molecule has 1 unspecified atom stereocenters. The molecule has 0 heterocycles. The molecule has 0 radical (unpaired) electrons. The van der Waals surface area contributed by atoms with Crippen LogP contribution in [-0.4, -0.2) is 25.8 Å². The van der Waals surface area contributed by atoms with Crippen LogP contribution in [0, 0.1) is 5.92 Å². The molecule has 2 nitrogen and oxygen atoms in total. The summed E-state index contributed by atoms with van der Waals surface area (Å²) in [4.78, 5) is 0. The van der Waals surface area contributed by atoms with E-state index in [1.54, 1.807) is 0 Å². The SMILES string of the molecule is CCC(CC)(OC)C(NC)C1CCCC1. The fraction of sp³-hybridized carbons (Fsp3) is 1.00. The molecule has 2 heteroatoms. The third kappa shape index (κ3) is 2.54. The van der Waals surface area contributed by atoms with Gasteiger partial charge in [0.25, 0.3) is 0 Å². The number of ether oxygens (including phenoxy) is 1. The van der Waals surface area contributed by atoms with Crippen LogP contribution in [0.4, 0.5) is 0 Å². The summed E-state index contributed by atoms with van der Waals surface area (Å²) in [5.41, 5.74) is 0.0454. The summed E-state index contributed by atoms with van der Waals surface area (Å²) in [6.45, 7) is 4.48. The van der Waals surface area contributed by atoms with E-state index in [1.165, 1.54) is 25.7 Å². The van der Waals surface area contributed by atoms with Gasteiger partial charge in [-0.3, -0.25) is 0 Å². The molecule has 1 rings (SSSR count). The largest absolute Gasteiger partial charge is 0.377 e. The van der Waals surface area contributed by atoms with Crippen molar-refractivity contribution in [3.05, 3.63) is 0 Å². The number of hydrogen-bond donors (Lipinski definition) is 1. The Bertz CT molecular complexity index is 163. The molecule has 0 amide bonds. The zero-order valence-corrected chi connectivity index (χ0v) is 10.8. The Hall–Kier alpha value is -0.0800. The van der Waals surface area contributed by atoms with E-state index in [0.717, 1.165) is 18.8 Å². The third-order valence-electron chi connectivity index (χ3n) is 4.35. The Balaban J connectivity index is 2.76. The average molecular weight is 213 g/mol. The summed E-state index contributed by atoms with van der Waals surface area (Å²) in [5.74, 6) is 0.815. The van der Waals surface area contributed by atoms with E-state index in [1.807, 2.05) is 7.11 Å². The van der Waals surface area contributed by atoms with Crippen LogP contribution in [0.25, 0.3) is 0 Å². The van der Waals surface area contributed by atoms with E-state index in [0.29, 0.717) is 6.04 Å². The van der Waals surface area contributed by atoms with Gasteiger partial charge in [0.2, 0.25) is 0 Å². The van der Waals surface area contributed by atoms with E-state index >= 15 is 0 Å². The first-order valence-corrected chi connectivity index (χ1v) is 6.46. The zero-order valence-electron chi connectivity index (χ0n) is 10.8. The first-order chi connectivity index (χ1) is 7.24. The minimum atomic E-state index is 0.0454. The molecule has 0 aliphatic heterocycles. The molecule has 1 saturated carbocycles. The first-order valence-electron chi connectivity index (χ1n) is 6.46. The standard InChI is InChI=1S/C13H27NO/c1-5-13(6-2,15-4)12(14-3)11-9-7-8-10-11/h11-12,14H,5-10H2,1-4H3. The minimum Gasteiger partial charge on any atom is -0.377 e. The first kappa shape index (κ1) is 13.0. The van der Waals surface area contributed by atoms with Crippen molar-refractivity contribution in [2.24, 2.45) is 5.92 Å². The van der Waals surface area contributed by atoms with E-state index < -0.39 is 0 Å². The van der Waals surface area contributed by atoms with Crippen LogP contribution in [-0.2, 0) is 4.74 Å². The van der Waals surface area contributed by atoms with Crippen molar-refractivity contribution < 1.29 is 4.74 Å². The van der Waals surface area contributed by atoms with Crippen LogP contribution in [0.1, 0.15) is 52.4 Å².